The van der Waals surface area contributed by atoms with Crippen molar-refractivity contribution in [2.24, 2.45) is 7.05 Å². The molecule has 0 amide bonds. The molecular formula is C17H21N7O. The van der Waals surface area contributed by atoms with Gasteiger partial charge in [0, 0.05) is 25.4 Å². The summed E-state index contributed by atoms with van der Waals surface area (Å²) >= 11 is 0. The molecule has 0 radical (unpaired) electrons. The van der Waals surface area contributed by atoms with Crippen LogP contribution in [-0.4, -0.2) is 35.6 Å². The third kappa shape index (κ3) is 2.99. The minimum atomic E-state index is -0.0256. The molecule has 0 unspecified atom stereocenters. The summed E-state index contributed by atoms with van der Waals surface area (Å²) in [6.07, 6.45) is 7.27. The minimum absolute atomic E-state index is 0.0256. The Kier molecular flexibility index (Phi) is 3.95. The van der Waals surface area contributed by atoms with Crippen molar-refractivity contribution in [3.05, 3.63) is 40.7 Å². The standard InChI is InChI=1S/C17H21N7O/c1-11-20-16(14-10-19-23(2)17(14)21-11)22-12-5-7-13(8-6-12)24-15(25)4-3-9-18-24/h3-4,9-10,12-13H,5-8H2,1-2H3,(H,20,21,22). The molecule has 3 heterocycles. The molecule has 130 valence electrons. The molecule has 4 rings (SSSR count). The normalized spacial score (nSPS) is 20.7. The van der Waals surface area contributed by atoms with Gasteiger partial charge < -0.3 is 5.32 Å². The van der Waals surface area contributed by atoms with Crippen LogP contribution < -0.4 is 10.9 Å². The van der Waals surface area contributed by atoms with Gasteiger partial charge >= 0.3 is 0 Å². The van der Waals surface area contributed by atoms with Gasteiger partial charge in [-0.05, 0) is 38.7 Å². The Balaban J connectivity index is 1.49. The average Bonchev–Trinajstić information content (AvgIpc) is 2.97. The number of nitrogens with zero attached hydrogens (tertiary/aromatic N) is 6. The maximum atomic E-state index is 11.9. The molecule has 0 bridgehead atoms. The molecule has 0 aliphatic heterocycles. The summed E-state index contributed by atoms with van der Waals surface area (Å²) < 4.78 is 3.38. The number of anilines is 1. The largest absolute Gasteiger partial charge is 0.367 e. The van der Waals surface area contributed by atoms with E-state index in [2.05, 4.69) is 25.5 Å². The first kappa shape index (κ1) is 15.7. The molecule has 1 saturated carbocycles. The third-order valence-corrected chi connectivity index (χ3v) is 4.83. The number of aryl methyl sites for hydroxylation is 2. The Bertz CT molecular complexity index is 953. The Morgan fingerprint density at radius 3 is 2.72 bits per heavy atom. The fourth-order valence-corrected chi connectivity index (χ4v) is 3.54. The van der Waals surface area contributed by atoms with E-state index in [0.717, 1.165) is 48.4 Å². The summed E-state index contributed by atoms with van der Waals surface area (Å²) in [6.45, 7) is 1.89. The summed E-state index contributed by atoms with van der Waals surface area (Å²) in [7, 11) is 1.88. The number of aromatic nitrogens is 6. The maximum absolute atomic E-state index is 11.9. The van der Waals surface area contributed by atoms with Crippen LogP contribution in [0.5, 0.6) is 0 Å². The van der Waals surface area contributed by atoms with Crippen molar-refractivity contribution >= 4 is 16.9 Å². The van der Waals surface area contributed by atoms with E-state index in [1.165, 1.54) is 0 Å². The summed E-state index contributed by atoms with van der Waals surface area (Å²) in [6, 6.07) is 3.76. The number of hydrogen-bond acceptors (Lipinski definition) is 6. The Morgan fingerprint density at radius 1 is 1.16 bits per heavy atom. The fourth-order valence-electron chi connectivity index (χ4n) is 3.54. The molecule has 1 aliphatic carbocycles. The molecule has 1 aliphatic rings. The van der Waals surface area contributed by atoms with Crippen LogP contribution in [0.4, 0.5) is 5.82 Å². The van der Waals surface area contributed by atoms with Gasteiger partial charge in [0.1, 0.15) is 11.6 Å². The van der Waals surface area contributed by atoms with Gasteiger partial charge in [0.2, 0.25) is 0 Å². The van der Waals surface area contributed by atoms with Gasteiger partial charge in [-0.15, -0.1) is 0 Å². The van der Waals surface area contributed by atoms with E-state index in [-0.39, 0.29) is 11.6 Å². The van der Waals surface area contributed by atoms with Crippen LogP contribution >= 0.6 is 0 Å². The Hall–Kier alpha value is -2.77. The Labute approximate surface area is 144 Å². The lowest BCUT2D eigenvalue weighted by Crippen LogP contribution is -2.33. The third-order valence-electron chi connectivity index (χ3n) is 4.83. The zero-order valence-electron chi connectivity index (χ0n) is 14.4. The van der Waals surface area contributed by atoms with E-state index in [9.17, 15) is 4.79 Å². The number of rotatable bonds is 3. The van der Waals surface area contributed by atoms with Crippen LogP contribution in [0.15, 0.2) is 29.3 Å². The van der Waals surface area contributed by atoms with Gasteiger partial charge in [-0.3, -0.25) is 9.48 Å². The average molecular weight is 339 g/mol. The predicted molar refractivity (Wildman–Crippen MR) is 94.5 cm³/mol. The van der Waals surface area contributed by atoms with E-state index in [0.29, 0.717) is 6.04 Å². The van der Waals surface area contributed by atoms with E-state index in [1.807, 2.05) is 14.0 Å². The first-order valence-corrected chi connectivity index (χ1v) is 8.58. The van der Waals surface area contributed by atoms with E-state index in [4.69, 9.17) is 0 Å². The monoisotopic (exact) mass is 339 g/mol. The fraction of sp³-hybridized carbons (Fsp3) is 0.471. The van der Waals surface area contributed by atoms with Gasteiger partial charge in [-0.2, -0.15) is 10.2 Å². The highest BCUT2D eigenvalue weighted by Gasteiger charge is 2.24. The predicted octanol–water partition coefficient (Wildman–Crippen LogP) is 1.82. The second-order valence-electron chi connectivity index (χ2n) is 6.58. The topological polar surface area (TPSA) is 90.5 Å². The first-order chi connectivity index (χ1) is 12.1. The van der Waals surface area contributed by atoms with E-state index >= 15 is 0 Å². The number of fused-ring (bicyclic) bond motifs is 1. The molecule has 0 saturated heterocycles. The summed E-state index contributed by atoms with van der Waals surface area (Å²) in [5.41, 5.74) is 0.811. The minimum Gasteiger partial charge on any atom is -0.367 e. The smallest absolute Gasteiger partial charge is 0.266 e. The van der Waals surface area contributed by atoms with E-state index in [1.54, 1.807) is 33.9 Å². The molecule has 0 aromatic carbocycles. The van der Waals surface area contributed by atoms with Crippen LogP contribution in [-0.2, 0) is 7.05 Å². The molecule has 8 heteroatoms. The lowest BCUT2D eigenvalue weighted by Gasteiger charge is -2.29. The summed E-state index contributed by atoms with van der Waals surface area (Å²) in [4.78, 5) is 20.9. The van der Waals surface area contributed by atoms with Gasteiger partial charge in [-0.25, -0.2) is 14.6 Å². The zero-order valence-corrected chi connectivity index (χ0v) is 14.4. The molecule has 3 aromatic rings. The SMILES string of the molecule is Cc1nc(NC2CCC(n3ncccc3=O)CC2)c2cnn(C)c2n1. The maximum Gasteiger partial charge on any atom is 0.266 e. The second kappa shape index (κ2) is 6.27. The van der Waals surface area contributed by atoms with Crippen molar-refractivity contribution in [3.63, 3.8) is 0 Å². The van der Waals surface area contributed by atoms with Crippen LogP contribution in [0.25, 0.3) is 11.0 Å². The molecule has 25 heavy (non-hydrogen) atoms. The van der Waals surface area contributed by atoms with Crippen LogP contribution in [0.2, 0.25) is 0 Å². The summed E-state index contributed by atoms with van der Waals surface area (Å²) in [5, 5.41) is 13.0. The van der Waals surface area contributed by atoms with Gasteiger partial charge in [0.25, 0.3) is 5.56 Å². The van der Waals surface area contributed by atoms with Crippen LogP contribution in [0, 0.1) is 6.92 Å². The van der Waals surface area contributed by atoms with Crippen molar-refractivity contribution in [3.8, 4) is 0 Å². The molecule has 0 atom stereocenters. The van der Waals surface area contributed by atoms with Crippen molar-refractivity contribution in [2.75, 3.05) is 5.32 Å². The van der Waals surface area contributed by atoms with Crippen molar-refractivity contribution in [1.82, 2.24) is 29.5 Å². The molecule has 8 nitrogen and oxygen atoms in total. The second-order valence-corrected chi connectivity index (χ2v) is 6.58. The number of nitrogens with one attached hydrogen (secondary N) is 1. The number of hydrogen-bond donors (Lipinski definition) is 1. The van der Waals surface area contributed by atoms with Crippen molar-refractivity contribution in [2.45, 2.75) is 44.7 Å². The molecule has 0 spiro atoms. The van der Waals surface area contributed by atoms with Crippen molar-refractivity contribution < 1.29 is 0 Å². The zero-order chi connectivity index (χ0) is 17.4. The van der Waals surface area contributed by atoms with Crippen molar-refractivity contribution in [1.29, 1.82) is 0 Å². The van der Waals surface area contributed by atoms with Crippen LogP contribution in [0.3, 0.4) is 0 Å². The van der Waals surface area contributed by atoms with Crippen LogP contribution in [0.1, 0.15) is 37.5 Å². The highest BCUT2D eigenvalue weighted by molar-refractivity contribution is 5.86. The summed E-state index contributed by atoms with van der Waals surface area (Å²) in [5.74, 6) is 1.57. The molecule has 1 N–H and O–H groups in total. The molecule has 1 fully saturated rings. The first-order valence-electron chi connectivity index (χ1n) is 8.58. The Morgan fingerprint density at radius 2 is 1.96 bits per heavy atom. The molecular weight excluding hydrogens is 318 g/mol. The highest BCUT2D eigenvalue weighted by Crippen LogP contribution is 2.30. The van der Waals surface area contributed by atoms with E-state index < -0.39 is 0 Å². The highest BCUT2D eigenvalue weighted by atomic mass is 16.1. The quantitative estimate of drug-likeness (QED) is 0.783. The van der Waals surface area contributed by atoms with Gasteiger partial charge in [0.15, 0.2) is 5.65 Å². The lowest BCUT2D eigenvalue weighted by molar-refractivity contribution is 0.303. The van der Waals surface area contributed by atoms with Gasteiger partial charge in [-0.1, -0.05) is 0 Å². The lowest BCUT2D eigenvalue weighted by atomic mass is 9.91. The van der Waals surface area contributed by atoms with Gasteiger partial charge in [0.05, 0.1) is 17.6 Å². The molecule has 3 aromatic heterocycles.